The Balaban J connectivity index is 1.26. The molecule has 14 heteroatoms. The first-order chi connectivity index (χ1) is 24.1. The summed E-state index contributed by atoms with van der Waals surface area (Å²) in [6.07, 6.45) is 2.37. The number of hydrogen-bond acceptors (Lipinski definition) is 9. The first kappa shape index (κ1) is 36.9. The van der Waals surface area contributed by atoms with Gasteiger partial charge in [0.15, 0.2) is 0 Å². The maximum absolute atomic E-state index is 14.5. The summed E-state index contributed by atoms with van der Waals surface area (Å²) >= 11 is 5.56. The van der Waals surface area contributed by atoms with E-state index < -0.39 is 53.0 Å². The van der Waals surface area contributed by atoms with Crippen molar-refractivity contribution < 1.29 is 43.2 Å². The molecule has 13 nitrogen and oxygen atoms in total. The average Bonchev–Trinajstić information content (AvgIpc) is 3.88. The second kappa shape index (κ2) is 14.3. The Labute approximate surface area is 303 Å². The standard InChI is InChI=1S/C37H50N4O9S/c1-7-22-17-37(22,34(44)45)40-32(42)26-15-24(49-28-16-29(51)38-30-19(2)27(9-8-25(28)30)48-11-10-47-6)18-41(26)33(43)31(36(3,4)5)39-35(46)50-23-13-20-12-21(20)14-23/h8-9,16,20-24,26,31H,7,10-15,17-18H2,1-6H3,(H,38,51)(H,39,46)(H,40,42)(H,44,45)/t20-,21+,22-,23?,24-,26+,31-,37-/m1/s1. The van der Waals surface area contributed by atoms with E-state index in [-0.39, 0.29) is 25.0 Å². The highest BCUT2D eigenvalue weighted by molar-refractivity contribution is 7.71. The number of carboxylic acid groups (broad SMARTS) is 1. The Bertz CT molecular complexity index is 1750. The maximum Gasteiger partial charge on any atom is 0.408 e. The third kappa shape index (κ3) is 7.67. The van der Waals surface area contributed by atoms with Crippen LogP contribution >= 0.6 is 12.2 Å². The fourth-order valence-corrected chi connectivity index (χ4v) is 8.13. The Morgan fingerprint density at radius 3 is 2.43 bits per heavy atom. The number of hydrogen-bond donors (Lipinski definition) is 4. The number of pyridine rings is 1. The first-order valence-electron chi connectivity index (χ1n) is 17.9. The molecule has 1 aromatic carbocycles. The molecule has 2 heterocycles. The van der Waals surface area contributed by atoms with Gasteiger partial charge in [0.25, 0.3) is 0 Å². The van der Waals surface area contributed by atoms with Crippen molar-refractivity contribution in [2.45, 2.75) is 103 Å². The Hall–Kier alpha value is -3.91. The molecule has 4 N–H and O–H groups in total. The zero-order valence-corrected chi connectivity index (χ0v) is 31.0. The largest absolute Gasteiger partial charge is 0.491 e. The molecule has 1 aromatic heterocycles. The van der Waals surface area contributed by atoms with E-state index in [1.165, 1.54) is 11.3 Å². The number of aromatic nitrogens is 1. The third-order valence-electron chi connectivity index (χ3n) is 11.1. The minimum atomic E-state index is -1.38. The second-order valence-electron chi connectivity index (χ2n) is 15.7. The average molecular weight is 727 g/mol. The van der Waals surface area contributed by atoms with Crippen LogP contribution in [0.3, 0.4) is 0 Å². The van der Waals surface area contributed by atoms with Crippen molar-refractivity contribution in [3.8, 4) is 11.5 Å². The van der Waals surface area contributed by atoms with Crippen LogP contribution in [0.5, 0.6) is 11.5 Å². The third-order valence-corrected chi connectivity index (χ3v) is 11.3. The molecule has 6 rings (SSSR count). The van der Waals surface area contributed by atoms with E-state index in [0.717, 1.165) is 29.3 Å². The van der Waals surface area contributed by atoms with Crippen LogP contribution < -0.4 is 20.1 Å². The number of likely N-dealkylation sites (tertiary alicyclic amines) is 1. The van der Waals surface area contributed by atoms with E-state index >= 15 is 0 Å². The topological polar surface area (TPSA) is 169 Å². The number of aliphatic carboxylic acids is 1. The molecular weight excluding hydrogens is 676 g/mol. The Morgan fingerprint density at radius 2 is 1.80 bits per heavy atom. The Morgan fingerprint density at radius 1 is 1.08 bits per heavy atom. The molecule has 2 aromatic rings. The summed E-state index contributed by atoms with van der Waals surface area (Å²) in [4.78, 5) is 58.6. The number of rotatable bonds is 13. The number of H-pyrrole nitrogens is 1. The normalized spacial score (nSPS) is 28.5. The highest BCUT2D eigenvalue weighted by Crippen LogP contribution is 2.52. The van der Waals surface area contributed by atoms with Gasteiger partial charge in [-0.05, 0) is 67.9 Å². The number of alkyl carbamates (subject to hydrolysis) is 1. The predicted molar refractivity (Wildman–Crippen MR) is 190 cm³/mol. The van der Waals surface area contributed by atoms with Gasteiger partial charge < -0.3 is 44.6 Å². The van der Waals surface area contributed by atoms with Crippen LogP contribution in [0, 0.1) is 34.7 Å². The van der Waals surface area contributed by atoms with Gasteiger partial charge in [-0.25, -0.2) is 9.59 Å². The van der Waals surface area contributed by atoms with Crippen LogP contribution in [0.2, 0.25) is 0 Å². The van der Waals surface area contributed by atoms with Crippen LogP contribution in [-0.2, 0) is 23.9 Å². The molecule has 0 radical (unpaired) electrons. The van der Waals surface area contributed by atoms with Crippen molar-refractivity contribution in [2.24, 2.45) is 23.2 Å². The smallest absolute Gasteiger partial charge is 0.408 e. The summed E-state index contributed by atoms with van der Waals surface area (Å²) in [5.74, 6) is 0.0189. The molecule has 8 atom stereocenters. The molecular formula is C37H50N4O9S. The molecule has 3 aliphatic carbocycles. The number of ether oxygens (including phenoxy) is 4. The number of aromatic amines is 1. The molecule has 3 amide bonds. The number of carboxylic acids is 1. The highest BCUT2D eigenvalue weighted by Gasteiger charge is 2.61. The minimum absolute atomic E-state index is 0.0214. The quantitative estimate of drug-likeness (QED) is 0.165. The molecule has 0 spiro atoms. The van der Waals surface area contributed by atoms with E-state index in [2.05, 4.69) is 15.6 Å². The molecule has 3 saturated carbocycles. The summed E-state index contributed by atoms with van der Waals surface area (Å²) in [5, 5.41) is 16.4. The van der Waals surface area contributed by atoms with Gasteiger partial charge in [-0.2, -0.15) is 0 Å². The number of fused-ring (bicyclic) bond motifs is 2. The number of carbonyl (C=O) groups excluding carboxylic acids is 3. The summed E-state index contributed by atoms with van der Waals surface area (Å²) in [6, 6.07) is 3.32. The van der Waals surface area contributed by atoms with Crippen LogP contribution in [0.25, 0.3) is 10.9 Å². The molecule has 51 heavy (non-hydrogen) atoms. The summed E-state index contributed by atoms with van der Waals surface area (Å²) in [6.45, 7) is 10.1. The predicted octanol–water partition coefficient (Wildman–Crippen LogP) is 4.89. The van der Waals surface area contributed by atoms with Crippen LogP contribution in [0.1, 0.15) is 71.8 Å². The lowest BCUT2D eigenvalue weighted by Crippen LogP contribution is -2.59. The van der Waals surface area contributed by atoms with Crippen molar-refractivity contribution in [1.29, 1.82) is 0 Å². The monoisotopic (exact) mass is 726 g/mol. The van der Waals surface area contributed by atoms with Gasteiger partial charge in [0, 0.05) is 30.5 Å². The zero-order valence-electron chi connectivity index (χ0n) is 30.2. The van der Waals surface area contributed by atoms with E-state index in [1.54, 1.807) is 13.2 Å². The van der Waals surface area contributed by atoms with E-state index in [1.807, 2.05) is 46.8 Å². The second-order valence-corrected chi connectivity index (χ2v) is 16.1. The summed E-state index contributed by atoms with van der Waals surface area (Å²) in [5.41, 5.74) is -0.569. The molecule has 0 bridgehead atoms. The van der Waals surface area contributed by atoms with Crippen LogP contribution in [0.15, 0.2) is 18.2 Å². The van der Waals surface area contributed by atoms with Crippen molar-refractivity contribution in [2.75, 3.05) is 26.9 Å². The van der Waals surface area contributed by atoms with E-state index in [4.69, 9.17) is 31.2 Å². The number of aryl methyl sites for hydroxylation is 1. The molecule has 1 saturated heterocycles. The van der Waals surface area contributed by atoms with Gasteiger partial charge in [0.2, 0.25) is 11.8 Å². The van der Waals surface area contributed by atoms with Crippen LogP contribution in [0.4, 0.5) is 4.79 Å². The fourth-order valence-electron chi connectivity index (χ4n) is 7.93. The van der Waals surface area contributed by atoms with Gasteiger partial charge in [0.05, 0.1) is 18.7 Å². The first-order valence-corrected chi connectivity index (χ1v) is 18.3. The van der Waals surface area contributed by atoms with Gasteiger partial charge in [0.1, 0.15) is 52.6 Å². The van der Waals surface area contributed by atoms with E-state index in [0.29, 0.717) is 54.0 Å². The van der Waals surface area contributed by atoms with Gasteiger partial charge in [-0.1, -0.05) is 46.3 Å². The van der Waals surface area contributed by atoms with Crippen molar-refractivity contribution in [1.82, 2.24) is 20.5 Å². The highest BCUT2D eigenvalue weighted by atomic mass is 32.1. The van der Waals surface area contributed by atoms with Crippen molar-refractivity contribution in [3.63, 3.8) is 0 Å². The molecule has 4 aliphatic rings. The SMILES string of the molecule is CC[C@@H]1C[C@]1(NC(=O)[C@@H]1C[C@@H](Oc2cc(=S)[nH]c3c(C)c(OCCOC)ccc23)CN1C(=O)[C@@H](NC(=O)OC1C[C@@H]2C[C@@H]2C1)C(C)(C)C)C(=O)O. The lowest BCUT2D eigenvalue weighted by atomic mass is 9.85. The lowest BCUT2D eigenvalue weighted by molar-refractivity contribution is -0.146. The number of amides is 3. The van der Waals surface area contributed by atoms with Crippen LogP contribution in [-0.4, -0.2) is 95.6 Å². The summed E-state index contributed by atoms with van der Waals surface area (Å²) < 4.78 is 23.7. The molecule has 1 unspecified atom stereocenters. The van der Waals surface area contributed by atoms with E-state index in [9.17, 15) is 24.3 Å². The fraction of sp³-hybridized carbons (Fsp3) is 0.649. The lowest BCUT2D eigenvalue weighted by Gasteiger charge is -2.35. The zero-order chi connectivity index (χ0) is 36.8. The van der Waals surface area contributed by atoms with Gasteiger partial charge >= 0.3 is 12.1 Å². The van der Waals surface area contributed by atoms with Crippen molar-refractivity contribution >= 4 is 47.0 Å². The molecule has 1 aliphatic heterocycles. The summed E-state index contributed by atoms with van der Waals surface area (Å²) in [7, 11) is 1.61. The van der Waals surface area contributed by atoms with Crippen molar-refractivity contribution in [3.05, 3.63) is 28.4 Å². The number of benzene rings is 1. The molecule has 4 fully saturated rings. The molecule has 278 valence electrons. The van der Waals surface area contributed by atoms with Gasteiger partial charge in [-0.3, -0.25) is 9.59 Å². The van der Waals surface area contributed by atoms with Gasteiger partial charge in [-0.15, -0.1) is 0 Å². The number of carbonyl (C=O) groups is 4. The number of methoxy groups -OCH3 is 1. The number of nitrogens with zero attached hydrogens (tertiary/aromatic N) is 1. The number of nitrogens with one attached hydrogen (secondary N) is 3. The Kier molecular flexibility index (Phi) is 10.3. The maximum atomic E-state index is 14.5. The minimum Gasteiger partial charge on any atom is -0.491 e.